The summed E-state index contributed by atoms with van der Waals surface area (Å²) < 4.78 is 1.83. The minimum Gasteiger partial charge on any atom is -0.312 e. The first-order valence-electron chi connectivity index (χ1n) is 5.27. The molecule has 1 unspecified atom stereocenters. The highest BCUT2D eigenvalue weighted by atomic mass is 32.1. The maximum absolute atomic E-state index is 4.39. The van der Waals surface area contributed by atoms with Gasteiger partial charge in [0, 0.05) is 36.8 Å². The van der Waals surface area contributed by atoms with Crippen molar-refractivity contribution in [3.8, 4) is 0 Å². The molecule has 0 aromatic carbocycles. The third-order valence-corrected chi connectivity index (χ3v) is 3.54. The Morgan fingerprint density at radius 2 is 2.38 bits per heavy atom. The molecule has 5 heteroatoms. The zero-order valence-corrected chi connectivity index (χ0v) is 10.6. The molecular weight excluding hydrogens is 220 g/mol. The second-order valence-electron chi connectivity index (χ2n) is 3.81. The summed E-state index contributed by atoms with van der Waals surface area (Å²) in [5.41, 5.74) is 1.10. The van der Waals surface area contributed by atoms with Gasteiger partial charge in [-0.2, -0.15) is 5.10 Å². The molecule has 2 heterocycles. The molecule has 0 amide bonds. The number of rotatable bonds is 4. The molecule has 0 aliphatic rings. The summed E-state index contributed by atoms with van der Waals surface area (Å²) >= 11 is 1.74. The van der Waals surface area contributed by atoms with Crippen molar-refractivity contribution in [3.63, 3.8) is 0 Å². The molecule has 1 N–H and O–H groups in total. The van der Waals surface area contributed by atoms with Crippen LogP contribution in [0.15, 0.2) is 18.5 Å². The first-order chi connectivity index (χ1) is 7.69. The number of nitrogens with zero attached hydrogens (tertiary/aromatic N) is 3. The molecule has 0 saturated heterocycles. The summed E-state index contributed by atoms with van der Waals surface area (Å²) in [6.07, 6.45) is 4.82. The fraction of sp³-hybridized carbons (Fsp3) is 0.455. The lowest BCUT2D eigenvalue weighted by molar-refractivity contribution is 0.585. The molecule has 1 atom stereocenters. The summed E-state index contributed by atoms with van der Waals surface area (Å²) in [5, 5.41) is 8.81. The average Bonchev–Trinajstić information content (AvgIpc) is 2.84. The van der Waals surface area contributed by atoms with E-state index in [-0.39, 0.29) is 0 Å². The predicted molar refractivity (Wildman–Crippen MR) is 65.6 cm³/mol. The smallest absolute Gasteiger partial charge is 0.0897 e. The van der Waals surface area contributed by atoms with Crippen LogP contribution in [0, 0.1) is 6.92 Å². The van der Waals surface area contributed by atoms with Gasteiger partial charge >= 0.3 is 0 Å². The Morgan fingerprint density at radius 3 is 2.88 bits per heavy atom. The Balaban J connectivity index is 2.12. The van der Waals surface area contributed by atoms with E-state index in [9.17, 15) is 0 Å². The number of thiazole rings is 1. The number of hydrogen-bond acceptors (Lipinski definition) is 4. The normalized spacial score (nSPS) is 12.9. The molecule has 0 aliphatic carbocycles. The fourth-order valence-electron chi connectivity index (χ4n) is 1.66. The van der Waals surface area contributed by atoms with Gasteiger partial charge in [0.1, 0.15) is 0 Å². The van der Waals surface area contributed by atoms with Gasteiger partial charge in [-0.25, -0.2) is 4.98 Å². The van der Waals surface area contributed by atoms with Crippen LogP contribution in [0.2, 0.25) is 0 Å². The zero-order valence-electron chi connectivity index (χ0n) is 9.77. The topological polar surface area (TPSA) is 42.7 Å². The van der Waals surface area contributed by atoms with Crippen LogP contribution in [0.4, 0.5) is 0 Å². The molecule has 0 saturated carbocycles. The van der Waals surface area contributed by atoms with Crippen molar-refractivity contribution in [1.29, 1.82) is 0 Å². The van der Waals surface area contributed by atoms with Gasteiger partial charge in [0.25, 0.3) is 0 Å². The molecule has 0 aliphatic heterocycles. The minimum atomic E-state index is 0.307. The van der Waals surface area contributed by atoms with Crippen LogP contribution < -0.4 is 5.32 Å². The maximum atomic E-state index is 4.39. The van der Waals surface area contributed by atoms with E-state index in [2.05, 4.69) is 21.5 Å². The predicted octanol–water partition coefficient (Wildman–Crippen LogP) is 1.69. The van der Waals surface area contributed by atoms with E-state index >= 15 is 0 Å². The van der Waals surface area contributed by atoms with E-state index in [1.807, 2.05) is 38.1 Å². The Hall–Kier alpha value is -1.20. The van der Waals surface area contributed by atoms with Crippen LogP contribution in [-0.2, 0) is 13.5 Å². The van der Waals surface area contributed by atoms with Crippen molar-refractivity contribution in [1.82, 2.24) is 20.1 Å². The maximum Gasteiger partial charge on any atom is 0.0897 e. The molecular formula is C11H16N4S. The number of hydrogen-bond donors (Lipinski definition) is 1. The van der Waals surface area contributed by atoms with Crippen molar-refractivity contribution in [2.24, 2.45) is 7.05 Å². The molecule has 0 fully saturated rings. The highest BCUT2D eigenvalue weighted by molar-refractivity contribution is 7.11. The fourth-order valence-corrected chi connectivity index (χ4v) is 2.56. The van der Waals surface area contributed by atoms with E-state index in [4.69, 9.17) is 0 Å². The number of likely N-dealkylation sites (N-methyl/N-ethyl adjacent to an activating group) is 1. The van der Waals surface area contributed by atoms with Crippen molar-refractivity contribution in [3.05, 3.63) is 34.0 Å². The molecule has 0 spiro atoms. The Labute approximate surface area is 99.3 Å². The monoisotopic (exact) mass is 236 g/mol. The average molecular weight is 236 g/mol. The van der Waals surface area contributed by atoms with Gasteiger partial charge in [-0.3, -0.25) is 4.68 Å². The van der Waals surface area contributed by atoms with Crippen LogP contribution >= 0.6 is 11.3 Å². The van der Waals surface area contributed by atoms with E-state index in [1.165, 1.54) is 4.88 Å². The zero-order chi connectivity index (χ0) is 11.5. The van der Waals surface area contributed by atoms with Crippen LogP contribution in [-0.4, -0.2) is 21.8 Å². The first-order valence-corrected chi connectivity index (χ1v) is 6.09. The van der Waals surface area contributed by atoms with E-state index in [0.29, 0.717) is 6.04 Å². The van der Waals surface area contributed by atoms with E-state index in [0.717, 1.165) is 17.1 Å². The van der Waals surface area contributed by atoms with Gasteiger partial charge in [0.2, 0.25) is 0 Å². The van der Waals surface area contributed by atoms with Crippen LogP contribution in [0.1, 0.15) is 21.6 Å². The van der Waals surface area contributed by atoms with Gasteiger partial charge in [0.05, 0.1) is 10.7 Å². The van der Waals surface area contributed by atoms with Gasteiger partial charge in [-0.15, -0.1) is 11.3 Å². The molecule has 16 heavy (non-hydrogen) atoms. The molecule has 2 aromatic rings. The number of aromatic nitrogens is 3. The standard InChI is InChI=1S/C11H16N4S/c1-8-13-7-11(16-8)10(12-2)6-9-4-5-15(3)14-9/h4-5,7,10,12H,6H2,1-3H3. The van der Waals surface area contributed by atoms with E-state index < -0.39 is 0 Å². The lowest BCUT2D eigenvalue weighted by Crippen LogP contribution is -2.18. The van der Waals surface area contributed by atoms with Crippen LogP contribution in [0.25, 0.3) is 0 Å². The third-order valence-electron chi connectivity index (χ3n) is 2.51. The summed E-state index contributed by atoms with van der Waals surface area (Å²) in [6, 6.07) is 2.36. The Bertz CT molecular complexity index is 460. The first kappa shape index (κ1) is 11.3. The van der Waals surface area contributed by atoms with Crippen molar-refractivity contribution < 1.29 is 0 Å². The van der Waals surface area contributed by atoms with Gasteiger partial charge < -0.3 is 5.32 Å². The lowest BCUT2D eigenvalue weighted by Gasteiger charge is -2.11. The lowest BCUT2D eigenvalue weighted by atomic mass is 10.1. The molecule has 4 nitrogen and oxygen atoms in total. The van der Waals surface area contributed by atoms with E-state index in [1.54, 1.807) is 11.3 Å². The second-order valence-corrected chi connectivity index (χ2v) is 5.07. The largest absolute Gasteiger partial charge is 0.312 e. The van der Waals surface area contributed by atoms with Gasteiger partial charge in [-0.1, -0.05) is 0 Å². The Kier molecular flexibility index (Phi) is 3.36. The van der Waals surface area contributed by atoms with Crippen molar-refractivity contribution >= 4 is 11.3 Å². The summed E-state index contributed by atoms with van der Waals surface area (Å²) in [4.78, 5) is 5.55. The molecule has 2 rings (SSSR count). The highest BCUT2D eigenvalue weighted by Gasteiger charge is 2.13. The SMILES string of the molecule is CNC(Cc1ccn(C)n1)c1cnc(C)s1. The molecule has 0 radical (unpaired) electrons. The van der Waals surface area contributed by atoms with Gasteiger partial charge in [-0.05, 0) is 20.0 Å². The Morgan fingerprint density at radius 1 is 1.56 bits per heavy atom. The quantitative estimate of drug-likeness (QED) is 0.878. The minimum absolute atomic E-state index is 0.307. The van der Waals surface area contributed by atoms with Crippen molar-refractivity contribution in [2.75, 3.05) is 7.05 Å². The molecule has 2 aromatic heterocycles. The molecule has 0 bridgehead atoms. The summed E-state index contributed by atoms with van der Waals surface area (Å²) in [5.74, 6) is 0. The summed E-state index contributed by atoms with van der Waals surface area (Å²) in [6.45, 7) is 2.03. The highest BCUT2D eigenvalue weighted by Crippen LogP contribution is 2.22. The van der Waals surface area contributed by atoms with Crippen molar-refractivity contribution in [2.45, 2.75) is 19.4 Å². The van der Waals surface area contributed by atoms with Crippen LogP contribution in [0.5, 0.6) is 0 Å². The summed E-state index contributed by atoms with van der Waals surface area (Å²) in [7, 11) is 3.91. The third kappa shape index (κ3) is 2.48. The second kappa shape index (κ2) is 4.76. The van der Waals surface area contributed by atoms with Crippen LogP contribution in [0.3, 0.4) is 0 Å². The number of aryl methyl sites for hydroxylation is 2. The number of nitrogens with one attached hydrogen (secondary N) is 1. The molecule has 86 valence electrons. The van der Waals surface area contributed by atoms with Gasteiger partial charge in [0.15, 0.2) is 0 Å².